The van der Waals surface area contributed by atoms with E-state index in [1.807, 2.05) is 54.6 Å². The highest BCUT2D eigenvalue weighted by atomic mass is 79.9. The Labute approximate surface area is 180 Å². The summed E-state index contributed by atoms with van der Waals surface area (Å²) < 4.78 is -0.978. The van der Waals surface area contributed by atoms with Crippen LogP contribution in [-0.2, 0) is 11.2 Å². The zero-order chi connectivity index (χ0) is 19.2. The highest BCUT2D eigenvalue weighted by Gasteiger charge is 2.34. The first kappa shape index (κ1) is 21.3. The second-order valence-corrected chi connectivity index (χ2v) is 8.91. The molecule has 0 radical (unpaired) electrons. The van der Waals surface area contributed by atoms with E-state index in [0.29, 0.717) is 0 Å². The smallest absolute Gasteiger partial charge is 0.228 e. The standard InChI is InChI=1S/C17H15BrCl3N3OS/c18-12-8-4-5-9-13(12)22-16(26)24-15(17(19,20)21)23-14(25)10-11-6-2-1-3-7-11/h1-9,15H,10H2,(H,23,25)(H2,22,24,26). The van der Waals surface area contributed by atoms with Gasteiger partial charge in [-0.2, -0.15) is 0 Å². The van der Waals surface area contributed by atoms with Gasteiger partial charge in [0.25, 0.3) is 0 Å². The molecule has 4 nitrogen and oxygen atoms in total. The van der Waals surface area contributed by atoms with Crippen molar-refractivity contribution in [2.24, 2.45) is 0 Å². The first-order valence-electron chi connectivity index (χ1n) is 7.48. The number of thiocarbonyl (C=S) groups is 1. The van der Waals surface area contributed by atoms with Crippen LogP contribution in [0.3, 0.4) is 0 Å². The van der Waals surface area contributed by atoms with Crippen LogP contribution in [0.15, 0.2) is 59.1 Å². The Morgan fingerprint density at radius 3 is 2.27 bits per heavy atom. The molecule has 0 aliphatic heterocycles. The Balaban J connectivity index is 2.00. The third-order valence-corrected chi connectivity index (χ3v) is 4.80. The number of benzene rings is 2. The van der Waals surface area contributed by atoms with E-state index in [4.69, 9.17) is 47.0 Å². The summed E-state index contributed by atoms with van der Waals surface area (Å²) in [4.78, 5) is 12.3. The predicted octanol–water partition coefficient (Wildman–Crippen LogP) is 4.79. The van der Waals surface area contributed by atoms with Crippen molar-refractivity contribution < 1.29 is 4.79 Å². The molecule has 0 saturated heterocycles. The van der Waals surface area contributed by atoms with Crippen molar-refractivity contribution in [3.8, 4) is 0 Å². The topological polar surface area (TPSA) is 53.2 Å². The van der Waals surface area contributed by atoms with Gasteiger partial charge in [0.05, 0.1) is 12.1 Å². The average Bonchev–Trinajstić information content (AvgIpc) is 2.56. The number of alkyl halides is 3. The molecule has 1 unspecified atom stereocenters. The molecule has 0 heterocycles. The van der Waals surface area contributed by atoms with Gasteiger partial charge in [-0.25, -0.2) is 0 Å². The van der Waals surface area contributed by atoms with Gasteiger partial charge in [-0.1, -0.05) is 77.3 Å². The summed E-state index contributed by atoms with van der Waals surface area (Å²) >= 11 is 26.6. The maximum atomic E-state index is 12.3. The number of anilines is 1. The minimum atomic E-state index is -1.80. The summed E-state index contributed by atoms with van der Waals surface area (Å²) in [7, 11) is 0. The second-order valence-electron chi connectivity index (χ2n) is 5.28. The number of hydrogen-bond donors (Lipinski definition) is 3. The van der Waals surface area contributed by atoms with Crippen molar-refractivity contribution in [1.29, 1.82) is 0 Å². The van der Waals surface area contributed by atoms with Crippen molar-refractivity contribution in [1.82, 2.24) is 10.6 Å². The van der Waals surface area contributed by atoms with Gasteiger partial charge in [0.2, 0.25) is 9.70 Å². The van der Waals surface area contributed by atoms with E-state index in [9.17, 15) is 4.79 Å². The van der Waals surface area contributed by atoms with Gasteiger partial charge in [0.15, 0.2) is 5.11 Å². The fraction of sp³-hybridized carbons (Fsp3) is 0.176. The number of hydrogen-bond acceptors (Lipinski definition) is 2. The number of amides is 1. The third-order valence-electron chi connectivity index (χ3n) is 3.24. The summed E-state index contributed by atoms with van der Waals surface area (Å²) in [6.45, 7) is 0. The monoisotopic (exact) mass is 493 g/mol. The Morgan fingerprint density at radius 1 is 1.04 bits per heavy atom. The molecular weight excluding hydrogens is 481 g/mol. The van der Waals surface area contributed by atoms with Gasteiger partial charge in [0.1, 0.15) is 6.17 Å². The molecule has 2 aromatic carbocycles. The summed E-state index contributed by atoms with van der Waals surface area (Å²) in [6, 6.07) is 16.7. The summed E-state index contributed by atoms with van der Waals surface area (Å²) in [5, 5.41) is 8.66. The van der Waals surface area contributed by atoms with E-state index in [1.165, 1.54) is 0 Å². The van der Waals surface area contributed by atoms with Crippen LogP contribution in [0.4, 0.5) is 5.69 Å². The summed E-state index contributed by atoms with van der Waals surface area (Å²) in [6.07, 6.45) is -0.851. The van der Waals surface area contributed by atoms with Gasteiger partial charge in [-0.05, 0) is 45.8 Å². The number of halogens is 4. The number of rotatable bonds is 5. The quantitative estimate of drug-likeness (QED) is 0.317. The molecule has 2 aromatic rings. The fourth-order valence-electron chi connectivity index (χ4n) is 2.05. The lowest BCUT2D eigenvalue weighted by molar-refractivity contribution is -0.121. The number of para-hydroxylation sites is 1. The van der Waals surface area contributed by atoms with E-state index < -0.39 is 9.96 Å². The van der Waals surface area contributed by atoms with E-state index >= 15 is 0 Å². The summed E-state index contributed by atoms with van der Waals surface area (Å²) in [5.74, 6) is -0.302. The molecule has 1 amide bonds. The van der Waals surface area contributed by atoms with Crippen LogP contribution in [0.5, 0.6) is 0 Å². The van der Waals surface area contributed by atoms with Crippen LogP contribution >= 0.6 is 63.0 Å². The molecule has 9 heteroatoms. The van der Waals surface area contributed by atoms with Gasteiger partial charge in [0, 0.05) is 4.47 Å². The lowest BCUT2D eigenvalue weighted by Gasteiger charge is -2.28. The molecule has 3 N–H and O–H groups in total. The first-order chi connectivity index (χ1) is 12.3. The molecule has 0 saturated carbocycles. The third kappa shape index (κ3) is 6.93. The predicted molar refractivity (Wildman–Crippen MR) is 116 cm³/mol. The molecule has 0 aliphatic carbocycles. The molecule has 2 rings (SSSR count). The van der Waals surface area contributed by atoms with Crippen LogP contribution in [0.25, 0.3) is 0 Å². The molecular formula is C17H15BrCl3N3OS. The maximum Gasteiger partial charge on any atom is 0.228 e. The van der Waals surface area contributed by atoms with Crippen LogP contribution in [0.2, 0.25) is 0 Å². The lowest BCUT2D eigenvalue weighted by atomic mass is 10.1. The van der Waals surface area contributed by atoms with Crippen molar-refractivity contribution in [2.45, 2.75) is 16.4 Å². The molecule has 0 fully saturated rings. The molecule has 26 heavy (non-hydrogen) atoms. The SMILES string of the molecule is O=C(Cc1ccccc1)NC(NC(=S)Nc1ccccc1Br)C(Cl)(Cl)Cl. The Bertz CT molecular complexity index is 771. The first-order valence-corrected chi connectivity index (χ1v) is 9.81. The Kier molecular flexibility index (Phi) is 7.98. The van der Waals surface area contributed by atoms with Gasteiger partial charge in [-0.3, -0.25) is 4.79 Å². The van der Waals surface area contributed by atoms with Crippen LogP contribution < -0.4 is 16.0 Å². The molecule has 0 spiro atoms. The Hall–Kier alpha value is -1.05. The number of nitrogens with one attached hydrogen (secondary N) is 3. The van der Waals surface area contributed by atoms with Crippen LogP contribution in [-0.4, -0.2) is 21.0 Å². The highest BCUT2D eigenvalue weighted by molar-refractivity contribution is 9.10. The zero-order valence-electron chi connectivity index (χ0n) is 13.3. The second kappa shape index (κ2) is 9.76. The van der Waals surface area contributed by atoms with E-state index in [2.05, 4.69) is 31.9 Å². The zero-order valence-corrected chi connectivity index (χ0v) is 18.0. The van der Waals surface area contributed by atoms with Crippen LogP contribution in [0.1, 0.15) is 5.56 Å². The number of carbonyl (C=O) groups excluding carboxylic acids is 1. The van der Waals surface area contributed by atoms with Crippen molar-refractivity contribution in [3.05, 3.63) is 64.6 Å². The van der Waals surface area contributed by atoms with Crippen molar-refractivity contribution in [3.63, 3.8) is 0 Å². The highest BCUT2D eigenvalue weighted by Crippen LogP contribution is 2.29. The minimum absolute atomic E-state index is 0.157. The van der Waals surface area contributed by atoms with E-state index in [0.717, 1.165) is 15.7 Å². The molecule has 0 aliphatic rings. The number of carbonyl (C=O) groups is 1. The lowest BCUT2D eigenvalue weighted by Crippen LogP contribution is -2.56. The van der Waals surface area contributed by atoms with Crippen LogP contribution in [0, 0.1) is 0 Å². The van der Waals surface area contributed by atoms with E-state index in [-0.39, 0.29) is 17.4 Å². The fourth-order valence-corrected chi connectivity index (χ4v) is 2.98. The maximum absolute atomic E-state index is 12.3. The van der Waals surface area contributed by atoms with E-state index in [1.54, 1.807) is 0 Å². The van der Waals surface area contributed by atoms with Gasteiger partial charge in [-0.15, -0.1) is 0 Å². The largest absolute Gasteiger partial charge is 0.339 e. The van der Waals surface area contributed by atoms with Gasteiger partial charge >= 0.3 is 0 Å². The van der Waals surface area contributed by atoms with Crippen molar-refractivity contribution >= 4 is 79.7 Å². The summed E-state index contributed by atoms with van der Waals surface area (Å²) in [5.41, 5.74) is 1.59. The Morgan fingerprint density at radius 2 is 1.65 bits per heavy atom. The molecule has 1 atom stereocenters. The normalized spacial score (nSPS) is 12.2. The molecule has 0 aromatic heterocycles. The average molecular weight is 496 g/mol. The minimum Gasteiger partial charge on any atom is -0.339 e. The van der Waals surface area contributed by atoms with Crippen molar-refractivity contribution in [2.75, 3.05) is 5.32 Å². The van der Waals surface area contributed by atoms with Gasteiger partial charge < -0.3 is 16.0 Å². The molecule has 138 valence electrons. The molecule has 0 bridgehead atoms.